The lowest BCUT2D eigenvalue weighted by atomic mass is 9.93. The van der Waals surface area contributed by atoms with Crippen LogP contribution in [-0.2, 0) is 0 Å². The number of aryl methyl sites for hydroxylation is 1. The first-order valence-corrected chi connectivity index (χ1v) is 4.58. The number of rotatable bonds is 2. The summed E-state index contributed by atoms with van der Waals surface area (Å²) >= 11 is 0. The predicted molar refractivity (Wildman–Crippen MR) is 50.9 cm³/mol. The molecular formula is C9H14N4. The number of nitrogens with one attached hydrogen (secondary N) is 1. The molecule has 0 aromatic carbocycles. The molecule has 0 bridgehead atoms. The zero-order valence-corrected chi connectivity index (χ0v) is 7.75. The second-order valence-electron chi connectivity index (χ2n) is 3.61. The van der Waals surface area contributed by atoms with E-state index < -0.39 is 0 Å². The zero-order valence-electron chi connectivity index (χ0n) is 7.75. The summed E-state index contributed by atoms with van der Waals surface area (Å²) in [6.45, 7) is 1.89. The number of aromatic nitrogens is 2. The maximum atomic E-state index is 7.33. The van der Waals surface area contributed by atoms with Crippen molar-refractivity contribution in [2.45, 2.75) is 32.2 Å². The molecule has 0 radical (unpaired) electrons. The minimum absolute atomic E-state index is 0.114. The van der Waals surface area contributed by atoms with Crippen LogP contribution in [0.15, 0.2) is 6.20 Å². The van der Waals surface area contributed by atoms with E-state index in [0.29, 0.717) is 6.04 Å². The van der Waals surface area contributed by atoms with Crippen molar-refractivity contribution in [3.8, 4) is 0 Å². The highest BCUT2D eigenvalue weighted by Gasteiger charge is 2.21. The maximum Gasteiger partial charge on any atom is 0.126 e. The molecule has 1 saturated carbocycles. The van der Waals surface area contributed by atoms with Crippen LogP contribution < -0.4 is 5.73 Å². The van der Waals surface area contributed by atoms with E-state index in [1.165, 1.54) is 19.3 Å². The molecule has 1 aromatic heterocycles. The summed E-state index contributed by atoms with van der Waals surface area (Å²) in [5, 5.41) is 11.7. The Morgan fingerprint density at radius 3 is 2.77 bits per heavy atom. The van der Waals surface area contributed by atoms with Crippen molar-refractivity contribution in [1.29, 1.82) is 5.41 Å². The van der Waals surface area contributed by atoms with Gasteiger partial charge in [-0.2, -0.15) is 5.10 Å². The Kier molecular flexibility index (Phi) is 1.83. The fourth-order valence-corrected chi connectivity index (χ4v) is 1.58. The molecule has 1 aromatic rings. The molecular weight excluding hydrogens is 164 g/mol. The summed E-state index contributed by atoms with van der Waals surface area (Å²) in [6, 6.07) is 0.548. The second kappa shape index (κ2) is 2.87. The van der Waals surface area contributed by atoms with Gasteiger partial charge in [0.2, 0.25) is 0 Å². The van der Waals surface area contributed by atoms with Crippen molar-refractivity contribution < 1.29 is 0 Å². The average Bonchev–Trinajstić information content (AvgIpc) is 2.27. The van der Waals surface area contributed by atoms with E-state index in [0.717, 1.165) is 11.3 Å². The highest BCUT2D eigenvalue weighted by atomic mass is 15.3. The van der Waals surface area contributed by atoms with Gasteiger partial charge in [-0.3, -0.25) is 10.1 Å². The monoisotopic (exact) mass is 178 g/mol. The van der Waals surface area contributed by atoms with E-state index in [-0.39, 0.29) is 5.84 Å². The molecule has 13 heavy (non-hydrogen) atoms. The Hall–Kier alpha value is -1.32. The largest absolute Gasteiger partial charge is 0.384 e. The first-order valence-electron chi connectivity index (χ1n) is 4.58. The molecule has 4 heteroatoms. The van der Waals surface area contributed by atoms with Gasteiger partial charge < -0.3 is 5.73 Å². The van der Waals surface area contributed by atoms with Crippen LogP contribution in [0.4, 0.5) is 0 Å². The third-order valence-corrected chi connectivity index (χ3v) is 2.66. The fraction of sp³-hybridized carbons (Fsp3) is 0.556. The molecule has 3 N–H and O–H groups in total. The lowest BCUT2D eigenvalue weighted by molar-refractivity contribution is 0.288. The van der Waals surface area contributed by atoms with Crippen molar-refractivity contribution in [2.75, 3.05) is 0 Å². The third kappa shape index (κ3) is 1.32. The molecule has 0 unspecified atom stereocenters. The van der Waals surface area contributed by atoms with Gasteiger partial charge in [0.15, 0.2) is 0 Å². The van der Waals surface area contributed by atoms with Gasteiger partial charge in [0.1, 0.15) is 5.84 Å². The van der Waals surface area contributed by atoms with Crippen LogP contribution in [-0.4, -0.2) is 15.6 Å². The number of nitrogens with zero attached hydrogens (tertiary/aromatic N) is 2. The smallest absolute Gasteiger partial charge is 0.126 e. The Morgan fingerprint density at radius 2 is 2.38 bits per heavy atom. The highest BCUT2D eigenvalue weighted by molar-refractivity contribution is 5.95. The molecule has 1 aliphatic rings. The molecule has 1 aliphatic carbocycles. The normalized spacial score (nSPS) is 17.0. The van der Waals surface area contributed by atoms with Crippen molar-refractivity contribution in [1.82, 2.24) is 9.78 Å². The first kappa shape index (κ1) is 8.29. The Morgan fingerprint density at radius 1 is 1.69 bits per heavy atom. The minimum atomic E-state index is 0.114. The molecule has 0 saturated heterocycles. The Bertz CT molecular complexity index is 335. The zero-order chi connectivity index (χ0) is 9.42. The van der Waals surface area contributed by atoms with E-state index in [1.54, 1.807) is 0 Å². The summed E-state index contributed by atoms with van der Waals surface area (Å²) in [5.41, 5.74) is 7.05. The lowest BCUT2D eigenvalue weighted by Gasteiger charge is -2.25. The first-order chi connectivity index (χ1) is 6.18. The standard InChI is InChI=1S/C9H14N4/c1-6-8(9(10)11)5-13(12-6)7-3-2-4-7/h5,7H,2-4H2,1H3,(H3,10,11). The van der Waals surface area contributed by atoms with E-state index >= 15 is 0 Å². The molecule has 0 atom stereocenters. The van der Waals surface area contributed by atoms with E-state index in [4.69, 9.17) is 11.1 Å². The second-order valence-corrected chi connectivity index (χ2v) is 3.61. The van der Waals surface area contributed by atoms with E-state index in [9.17, 15) is 0 Å². The molecule has 0 aliphatic heterocycles. The SMILES string of the molecule is Cc1nn(C2CCC2)cc1C(=N)N. The average molecular weight is 178 g/mol. The summed E-state index contributed by atoms with van der Waals surface area (Å²) < 4.78 is 1.95. The number of nitrogens with two attached hydrogens (primary N) is 1. The molecule has 0 amide bonds. The molecule has 4 nitrogen and oxygen atoms in total. The summed E-state index contributed by atoms with van der Waals surface area (Å²) in [7, 11) is 0. The van der Waals surface area contributed by atoms with Crippen LogP contribution >= 0.6 is 0 Å². The van der Waals surface area contributed by atoms with Crippen molar-refractivity contribution >= 4 is 5.84 Å². The van der Waals surface area contributed by atoms with Crippen LogP contribution in [0.2, 0.25) is 0 Å². The maximum absolute atomic E-state index is 7.33. The van der Waals surface area contributed by atoms with Gasteiger partial charge in [-0.25, -0.2) is 0 Å². The Balaban J connectivity index is 2.28. The van der Waals surface area contributed by atoms with Crippen LogP contribution in [0, 0.1) is 12.3 Å². The third-order valence-electron chi connectivity index (χ3n) is 2.66. The van der Waals surface area contributed by atoms with Crippen LogP contribution in [0.3, 0.4) is 0 Å². The van der Waals surface area contributed by atoms with Gasteiger partial charge in [0.25, 0.3) is 0 Å². The van der Waals surface area contributed by atoms with Gasteiger partial charge in [0, 0.05) is 6.20 Å². The summed E-state index contributed by atoms with van der Waals surface area (Å²) in [5.74, 6) is 0.114. The molecule has 2 rings (SSSR count). The number of hydrogen-bond acceptors (Lipinski definition) is 2. The minimum Gasteiger partial charge on any atom is -0.384 e. The number of amidine groups is 1. The van der Waals surface area contributed by atoms with Crippen LogP contribution in [0.5, 0.6) is 0 Å². The van der Waals surface area contributed by atoms with Crippen LogP contribution in [0.1, 0.15) is 36.6 Å². The van der Waals surface area contributed by atoms with Gasteiger partial charge >= 0.3 is 0 Å². The quantitative estimate of drug-likeness (QED) is 0.527. The molecule has 1 fully saturated rings. The van der Waals surface area contributed by atoms with Gasteiger partial charge in [0.05, 0.1) is 17.3 Å². The van der Waals surface area contributed by atoms with Gasteiger partial charge in [-0.05, 0) is 26.2 Å². The van der Waals surface area contributed by atoms with E-state index in [1.807, 2.05) is 17.8 Å². The summed E-state index contributed by atoms with van der Waals surface area (Å²) in [6.07, 6.45) is 5.59. The van der Waals surface area contributed by atoms with E-state index in [2.05, 4.69) is 5.10 Å². The summed E-state index contributed by atoms with van der Waals surface area (Å²) in [4.78, 5) is 0. The predicted octanol–water partition coefficient (Wildman–Crippen LogP) is 1.20. The molecule has 1 heterocycles. The van der Waals surface area contributed by atoms with Crippen molar-refractivity contribution in [3.63, 3.8) is 0 Å². The van der Waals surface area contributed by atoms with Crippen molar-refractivity contribution in [3.05, 3.63) is 17.5 Å². The lowest BCUT2D eigenvalue weighted by Crippen LogP contribution is -2.17. The molecule has 0 spiro atoms. The number of nitrogen functional groups attached to an aromatic ring is 1. The molecule has 70 valence electrons. The highest BCUT2D eigenvalue weighted by Crippen LogP contribution is 2.31. The number of hydrogen-bond donors (Lipinski definition) is 2. The van der Waals surface area contributed by atoms with Gasteiger partial charge in [-0.1, -0.05) is 0 Å². The van der Waals surface area contributed by atoms with Gasteiger partial charge in [-0.15, -0.1) is 0 Å². The van der Waals surface area contributed by atoms with Crippen molar-refractivity contribution in [2.24, 2.45) is 5.73 Å². The Labute approximate surface area is 77.2 Å². The fourth-order valence-electron chi connectivity index (χ4n) is 1.58. The van der Waals surface area contributed by atoms with Crippen LogP contribution in [0.25, 0.3) is 0 Å². The topological polar surface area (TPSA) is 67.7 Å².